The van der Waals surface area contributed by atoms with Crippen molar-refractivity contribution in [2.75, 3.05) is 27.9 Å². The van der Waals surface area contributed by atoms with Crippen LogP contribution in [0.5, 0.6) is 34.5 Å². The number of para-hydroxylation sites is 1. The molecule has 0 fully saturated rings. The maximum atomic E-state index is 5.77. The molecule has 5 nitrogen and oxygen atoms in total. The first-order valence-corrected chi connectivity index (χ1v) is 48.0. The first-order valence-electron chi connectivity index (χ1n) is 20.6. The van der Waals surface area contributed by atoms with E-state index in [2.05, 4.69) is 111 Å². The van der Waals surface area contributed by atoms with Gasteiger partial charge in [0, 0.05) is 0 Å². The molecule has 0 N–H and O–H groups in total. The van der Waals surface area contributed by atoms with Crippen molar-refractivity contribution in [3.63, 3.8) is 0 Å². The molecule has 0 spiro atoms. The van der Waals surface area contributed by atoms with Gasteiger partial charge in [-0.15, -0.1) is 0 Å². The van der Waals surface area contributed by atoms with Crippen molar-refractivity contribution >= 4 is 65.9 Å². The zero-order valence-electron chi connectivity index (χ0n) is 36.8. The van der Waals surface area contributed by atoms with Gasteiger partial charge in [0.15, 0.2) is 0 Å². The Bertz CT molecular complexity index is 1570. The summed E-state index contributed by atoms with van der Waals surface area (Å²) in [7, 11) is 5.13. The number of unbranched alkanes of at least 4 members (excludes halogenated alkanes) is 3. The molecule has 4 aromatic carbocycles. The Balaban J connectivity index is 0.000000302. The molecule has 0 aromatic heterocycles. The molecule has 0 atom stereocenters. The van der Waals surface area contributed by atoms with Crippen molar-refractivity contribution in [1.82, 2.24) is 0 Å². The molecule has 0 saturated heterocycles. The van der Waals surface area contributed by atoms with Gasteiger partial charge in [0.25, 0.3) is 0 Å². The summed E-state index contributed by atoms with van der Waals surface area (Å²) in [5.41, 5.74) is 0. The van der Waals surface area contributed by atoms with Crippen LogP contribution in [0.15, 0.2) is 91.0 Å². The molecule has 0 aliphatic heterocycles. The van der Waals surface area contributed by atoms with Gasteiger partial charge in [0.05, 0.1) is 0 Å². The zero-order chi connectivity index (χ0) is 40.9. The summed E-state index contributed by atoms with van der Waals surface area (Å²) in [6.45, 7) is 9.69. The second kappa shape index (κ2) is 25.6. The van der Waals surface area contributed by atoms with E-state index in [0.29, 0.717) is 0 Å². The Morgan fingerprint density at radius 3 is 1.20 bits per heavy atom. The first kappa shape index (κ1) is 49.4. The Labute approximate surface area is 348 Å². The van der Waals surface area contributed by atoms with Crippen LogP contribution in [-0.4, -0.2) is 83.1 Å². The van der Waals surface area contributed by atoms with Gasteiger partial charge in [0.1, 0.15) is 0 Å². The molecule has 0 radical (unpaired) electrons. The number of hydrogen-bond donors (Lipinski definition) is 0. The van der Waals surface area contributed by atoms with E-state index in [-0.39, 0.29) is 0 Å². The average Bonchev–Trinajstić information content (AvgIpc) is 3.18. The van der Waals surface area contributed by atoms with Gasteiger partial charge in [-0.25, -0.2) is 0 Å². The van der Waals surface area contributed by atoms with Gasteiger partial charge in [-0.2, -0.15) is 0 Å². The average molecular weight is 1080 g/mol. The van der Waals surface area contributed by atoms with Gasteiger partial charge < -0.3 is 0 Å². The van der Waals surface area contributed by atoms with E-state index < -0.39 is 55.1 Å². The van der Waals surface area contributed by atoms with Crippen molar-refractivity contribution in [2.45, 2.75) is 109 Å². The molecule has 8 heteroatoms. The molecule has 55 heavy (non-hydrogen) atoms. The zero-order valence-corrected chi connectivity index (χ0v) is 45.3. The van der Waals surface area contributed by atoms with E-state index in [1.165, 1.54) is 55.4 Å². The van der Waals surface area contributed by atoms with Crippen LogP contribution in [0.25, 0.3) is 0 Å². The summed E-state index contributed by atoms with van der Waals surface area (Å²) < 4.78 is 37.0. The number of hydrogen-bond acceptors (Lipinski definition) is 5. The fourth-order valence-corrected chi connectivity index (χ4v) is 29.2. The van der Waals surface area contributed by atoms with Gasteiger partial charge in [-0.05, 0) is 0 Å². The van der Waals surface area contributed by atoms with Gasteiger partial charge in [0.2, 0.25) is 0 Å². The van der Waals surface area contributed by atoms with Crippen LogP contribution in [0.4, 0.5) is 0 Å². The summed E-state index contributed by atoms with van der Waals surface area (Å²) in [6.07, 6.45) is 7.88. The molecule has 0 bridgehead atoms. The predicted molar refractivity (Wildman–Crippen MR) is 247 cm³/mol. The molecular weight excluding hydrogens is 1000 g/mol. The van der Waals surface area contributed by atoms with Crippen LogP contribution in [0, 0.1) is 0 Å². The molecule has 0 aliphatic rings. The fourth-order valence-electron chi connectivity index (χ4n) is 6.61. The third-order valence-electron chi connectivity index (χ3n) is 10.0. The van der Waals surface area contributed by atoms with E-state index >= 15 is 0 Å². The Kier molecular flexibility index (Phi) is 23.0. The van der Waals surface area contributed by atoms with Crippen molar-refractivity contribution < 1.29 is 23.7 Å². The molecule has 4 rings (SSSR count). The number of ether oxygens (including phenoxy) is 5. The number of rotatable bonds is 19. The second-order valence-electron chi connectivity index (χ2n) is 16.4. The minimum absolute atomic E-state index is 0.718. The van der Waals surface area contributed by atoms with E-state index in [0.717, 1.165) is 41.1 Å². The topological polar surface area (TPSA) is 46.2 Å². The van der Waals surface area contributed by atoms with Gasteiger partial charge >= 0.3 is 352 Å². The molecule has 0 heterocycles. The summed E-state index contributed by atoms with van der Waals surface area (Å²) in [4.78, 5) is 14.5. The SMILES string of the molecule is CCC[CH2][Sn]([CH2]CCC)([CH2]CCC)[c]1cc(OC)c(OC)c(OC)c1.CCOc1cc[c]([Sn]([CH3])([CH3])[CH3])cc1.[CH3][Sn]([CH3])([CH3])[c]1ccc(Oc2ccccc2)cc1. The predicted octanol–water partition coefficient (Wildman–Crippen LogP) is 12.4. The van der Waals surface area contributed by atoms with Gasteiger partial charge in [-0.1, -0.05) is 0 Å². The van der Waals surface area contributed by atoms with Crippen LogP contribution in [0.2, 0.25) is 42.9 Å². The summed E-state index contributed by atoms with van der Waals surface area (Å²) in [6, 6.07) is 31.6. The first-order chi connectivity index (χ1) is 26.2. The van der Waals surface area contributed by atoms with Crippen molar-refractivity contribution in [3.05, 3.63) is 91.0 Å². The number of methoxy groups -OCH3 is 3. The van der Waals surface area contributed by atoms with Crippen molar-refractivity contribution in [2.24, 2.45) is 0 Å². The molecule has 4 aromatic rings. The van der Waals surface area contributed by atoms with Crippen LogP contribution < -0.4 is 34.4 Å². The van der Waals surface area contributed by atoms with Gasteiger partial charge in [-0.3, -0.25) is 0 Å². The Morgan fingerprint density at radius 1 is 0.455 bits per heavy atom. The van der Waals surface area contributed by atoms with Crippen LogP contribution in [0.3, 0.4) is 0 Å². The van der Waals surface area contributed by atoms with Crippen molar-refractivity contribution in [3.8, 4) is 34.5 Å². The molecule has 0 saturated carbocycles. The third-order valence-corrected chi connectivity index (χ3v) is 37.4. The normalized spacial score (nSPS) is 11.4. The van der Waals surface area contributed by atoms with Crippen LogP contribution >= 0.6 is 0 Å². The Morgan fingerprint density at radius 2 is 0.855 bits per heavy atom. The molecule has 304 valence electrons. The summed E-state index contributed by atoms with van der Waals surface area (Å²) >= 11 is -6.24. The Hall–Kier alpha value is -1.72. The van der Waals surface area contributed by atoms with Crippen LogP contribution in [-0.2, 0) is 0 Å². The minimum atomic E-state index is -2.49. The molecule has 0 amide bonds. The molecule has 0 unspecified atom stereocenters. The molecule has 0 aliphatic carbocycles. The number of benzene rings is 4. The summed E-state index contributed by atoms with van der Waals surface area (Å²) in [5, 5.41) is 0. The van der Waals surface area contributed by atoms with Crippen LogP contribution in [0.1, 0.15) is 66.2 Å². The maximum absolute atomic E-state index is 5.77. The summed E-state index contributed by atoms with van der Waals surface area (Å²) in [5.74, 6) is 5.15. The monoisotopic (exact) mass is 1080 g/mol. The molecular formula is C47H74O5Sn3. The van der Waals surface area contributed by atoms with E-state index in [1.54, 1.807) is 28.5 Å². The van der Waals surface area contributed by atoms with E-state index in [9.17, 15) is 0 Å². The van der Waals surface area contributed by atoms with E-state index in [1.807, 2.05) is 37.3 Å². The standard InChI is InChI=1S/C12H9O.C9H11O3.C8H9O.3C4H9.6CH3.3Sn/c1-3-7-11(8-4-1)13-12-9-5-2-6-10-12;1-10-7-5-4-6-8(11-2)9(7)12-3;1-2-9-8-6-4-3-5-7-8;3*1-3-4-2;;;;;;;;;/h1,3-10H;5-6H,1-3H3;4-7H,2H2,1H3;3*1,3-4H2,2H3;6*1H3;;;. The van der Waals surface area contributed by atoms with E-state index in [4.69, 9.17) is 23.7 Å². The fraction of sp³-hybridized carbons (Fsp3) is 0.489. The third kappa shape index (κ3) is 17.0. The quantitative estimate of drug-likeness (QED) is 0.0876. The van der Waals surface area contributed by atoms with Crippen molar-refractivity contribution in [1.29, 1.82) is 0 Å². The second-order valence-corrected chi connectivity index (χ2v) is 58.6.